The van der Waals surface area contributed by atoms with Crippen molar-refractivity contribution in [1.29, 1.82) is 0 Å². The minimum absolute atomic E-state index is 0.561. The molecule has 0 spiro atoms. The number of rotatable bonds is 4. The quantitative estimate of drug-likeness (QED) is 0.555. The summed E-state index contributed by atoms with van der Waals surface area (Å²) in [5.74, 6) is 0.939. The van der Waals surface area contributed by atoms with Crippen LogP contribution in [-0.4, -0.2) is 16.0 Å². The fourth-order valence-corrected chi connectivity index (χ4v) is 1.63. The third-order valence-electron chi connectivity index (χ3n) is 1.28. The lowest BCUT2D eigenvalue weighted by atomic mass is 10.3. The third kappa shape index (κ3) is 3.07. The van der Waals surface area contributed by atoms with Crippen LogP contribution in [0.15, 0.2) is 0 Å². The molecule has 0 atom stereocenters. The van der Waals surface area contributed by atoms with E-state index in [1.54, 1.807) is 0 Å². The van der Waals surface area contributed by atoms with Gasteiger partial charge in [0.25, 0.3) is 0 Å². The van der Waals surface area contributed by atoms with E-state index in [0.29, 0.717) is 5.13 Å². The van der Waals surface area contributed by atoms with E-state index in [2.05, 4.69) is 22.8 Å². The normalized spacial score (nSPS) is 10.3. The zero-order valence-electron chi connectivity index (χ0n) is 6.16. The van der Waals surface area contributed by atoms with Gasteiger partial charge in [0.2, 0.25) is 5.13 Å². The Morgan fingerprint density at radius 1 is 1.36 bits per heavy atom. The van der Waals surface area contributed by atoms with Crippen LogP contribution >= 0.6 is 24.0 Å². The van der Waals surface area contributed by atoms with Gasteiger partial charge in [-0.25, -0.2) is 0 Å². The molecule has 0 saturated heterocycles. The number of hydrogen-bond acceptors (Lipinski definition) is 5. The van der Waals surface area contributed by atoms with Crippen LogP contribution in [-0.2, 0) is 6.42 Å². The van der Waals surface area contributed by atoms with E-state index in [4.69, 9.17) is 5.73 Å². The van der Waals surface area contributed by atoms with Crippen LogP contribution in [0, 0.1) is 0 Å². The fourth-order valence-electron chi connectivity index (χ4n) is 0.756. The molecule has 0 amide bonds. The molecule has 11 heavy (non-hydrogen) atoms. The molecule has 0 radical (unpaired) electrons. The summed E-state index contributed by atoms with van der Waals surface area (Å²) in [5, 5.41) is 9.22. The molecule has 1 aromatic heterocycles. The molecule has 0 aliphatic carbocycles. The molecule has 1 rings (SSSR count). The van der Waals surface area contributed by atoms with Crippen LogP contribution in [0.5, 0.6) is 0 Å². The number of nitrogen functional groups attached to an aromatic ring is 1. The van der Waals surface area contributed by atoms with Crippen molar-refractivity contribution in [2.45, 2.75) is 19.3 Å². The summed E-state index contributed by atoms with van der Waals surface area (Å²) in [6, 6.07) is 0. The number of thiol groups is 1. The lowest BCUT2D eigenvalue weighted by molar-refractivity contribution is 0.787. The first-order chi connectivity index (χ1) is 5.33. The minimum Gasteiger partial charge on any atom is -0.374 e. The van der Waals surface area contributed by atoms with Crippen molar-refractivity contribution >= 4 is 29.1 Å². The highest BCUT2D eigenvalue weighted by molar-refractivity contribution is 7.80. The second-order valence-corrected chi connectivity index (χ2v) is 3.76. The maximum atomic E-state index is 5.41. The van der Waals surface area contributed by atoms with Gasteiger partial charge in [0.05, 0.1) is 0 Å². The summed E-state index contributed by atoms with van der Waals surface area (Å²) in [5.41, 5.74) is 5.41. The van der Waals surface area contributed by atoms with Crippen LogP contribution in [0.1, 0.15) is 17.8 Å². The fraction of sp³-hybridized carbons (Fsp3) is 0.667. The monoisotopic (exact) mass is 189 g/mol. The summed E-state index contributed by atoms with van der Waals surface area (Å²) in [7, 11) is 0. The maximum Gasteiger partial charge on any atom is 0.203 e. The Morgan fingerprint density at radius 2 is 2.18 bits per heavy atom. The summed E-state index contributed by atoms with van der Waals surface area (Å²) >= 11 is 5.58. The van der Waals surface area contributed by atoms with E-state index < -0.39 is 0 Å². The number of nitrogens with two attached hydrogens (primary N) is 1. The van der Waals surface area contributed by atoms with Crippen molar-refractivity contribution in [2.24, 2.45) is 0 Å². The molecule has 1 heterocycles. The maximum absolute atomic E-state index is 5.41. The van der Waals surface area contributed by atoms with E-state index in [9.17, 15) is 0 Å². The summed E-state index contributed by atoms with van der Waals surface area (Å²) in [6.07, 6.45) is 3.23. The highest BCUT2D eigenvalue weighted by Gasteiger charge is 1.98. The van der Waals surface area contributed by atoms with Gasteiger partial charge in [0.15, 0.2) is 0 Å². The Labute approximate surface area is 75.4 Å². The van der Waals surface area contributed by atoms with Gasteiger partial charge in [-0.3, -0.25) is 0 Å². The second kappa shape index (κ2) is 4.56. The van der Waals surface area contributed by atoms with Crippen molar-refractivity contribution < 1.29 is 0 Å². The highest BCUT2D eigenvalue weighted by Crippen LogP contribution is 2.13. The average molecular weight is 189 g/mol. The SMILES string of the molecule is Nc1nnc(CCCCS)s1. The number of anilines is 1. The minimum atomic E-state index is 0.561. The van der Waals surface area contributed by atoms with Gasteiger partial charge in [0.1, 0.15) is 5.01 Å². The molecule has 1 aromatic rings. The van der Waals surface area contributed by atoms with Crippen molar-refractivity contribution in [1.82, 2.24) is 10.2 Å². The molecule has 0 aliphatic rings. The van der Waals surface area contributed by atoms with Gasteiger partial charge in [0, 0.05) is 6.42 Å². The summed E-state index contributed by atoms with van der Waals surface area (Å²) in [6.45, 7) is 0. The van der Waals surface area contributed by atoms with Gasteiger partial charge >= 0.3 is 0 Å². The summed E-state index contributed by atoms with van der Waals surface area (Å²) in [4.78, 5) is 0. The van der Waals surface area contributed by atoms with Crippen LogP contribution in [0.4, 0.5) is 5.13 Å². The molecule has 0 aliphatic heterocycles. The standard InChI is InChI=1S/C6H11N3S2/c7-6-9-8-5(11-6)3-1-2-4-10/h10H,1-4H2,(H2,7,9). The third-order valence-corrected chi connectivity index (χ3v) is 2.41. The molecule has 0 bridgehead atoms. The first-order valence-corrected chi connectivity index (χ1v) is 4.96. The molecule has 2 N–H and O–H groups in total. The first-order valence-electron chi connectivity index (χ1n) is 3.51. The molecule has 62 valence electrons. The highest BCUT2D eigenvalue weighted by atomic mass is 32.1. The van der Waals surface area contributed by atoms with E-state index in [-0.39, 0.29) is 0 Å². The topological polar surface area (TPSA) is 51.8 Å². The molecule has 3 nitrogen and oxygen atoms in total. The van der Waals surface area contributed by atoms with E-state index >= 15 is 0 Å². The summed E-state index contributed by atoms with van der Waals surface area (Å²) < 4.78 is 0. The van der Waals surface area contributed by atoms with Crippen molar-refractivity contribution in [2.75, 3.05) is 11.5 Å². The van der Waals surface area contributed by atoms with Crippen LogP contribution < -0.4 is 5.73 Å². The van der Waals surface area contributed by atoms with E-state index in [1.807, 2.05) is 0 Å². The lowest BCUT2D eigenvalue weighted by Gasteiger charge is -1.91. The second-order valence-electron chi connectivity index (χ2n) is 2.21. The molecule has 0 aromatic carbocycles. The molecular formula is C6H11N3S2. The Hall–Kier alpha value is -0.290. The largest absolute Gasteiger partial charge is 0.374 e. The van der Waals surface area contributed by atoms with Crippen molar-refractivity contribution in [3.05, 3.63) is 5.01 Å². The Morgan fingerprint density at radius 3 is 2.73 bits per heavy atom. The zero-order valence-corrected chi connectivity index (χ0v) is 7.87. The number of unbranched alkanes of at least 4 members (excludes halogenated alkanes) is 1. The Balaban J connectivity index is 2.27. The van der Waals surface area contributed by atoms with Gasteiger partial charge in [-0.15, -0.1) is 10.2 Å². The average Bonchev–Trinajstić information content (AvgIpc) is 2.37. The lowest BCUT2D eigenvalue weighted by Crippen LogP contribution is -1.85. The van der Waals surface area contributed by atoms with Crippen molar-refractivity contribution in [3.63, 3.8) is 0 Å². The number of nitrogens with zero attached hydrogens (tertiary/aromatic N) is 2. The zero-order chi connectivity index (χ0) is 8.10. The molecule has 0 fully saturated rings. The molecule has 0 unspecified atom stereocenters. The Kier molecular flexibility index (Phi) is 3.65. The van der Waals surface area contributed by atoms with Crippen LogP contribution in [0.3, 0.4) is 0 Å². The van der Waals surface area contributed by atoms with Gasteiger partial charge in [-0.05, 0) is 18.6 Å². The molecule has 0 saturated carbocycles. The van der Waals surface area contributed by atoms with Crippen LogP contribution in [0.25, 0.3) is 0 Å². The predicted octanol–water partition coefficient (Wildman–Crippen LogP) is 1.37. The number of aryl methyl sites for hydroxylation is 1. The number of aromatic nitrogens is 2. The first kappa shape index (κ1) is 8.80. The van der Waals surface area contributed by atoms with E-state index in [0.717, 1.165) is 30.0 Å². The van der Waals surface area contributed by atoms with Crippen molar-refractivity contribution in [3.8, 4) is 0 Å². The number of hydrogen-bond donors (Lipinski definition) is 2. The van der Waals surface area contributed by atoms with E-state index in [1.165, 1.54) is 11.3 Å². The van der Waals surface area contributed by atoms with Gasteiger partial charge in [-0.1, -0.05) is 11.3 Å². The van der Waals surface area contributed by atoms with Gasteiger partial charge in [-0.2, -0.15) is 12.6 Å². The van der Waals surface area contributed by atoms with Gasteiger partial charge < -0.3 is 5.73 Å². The van der Waals surface area contributed by atoms with Crippen LogP contribution in [0.2, 0.25) is 0 Å². The molecular weight excluding hydrogens is 178 g/mol. The Bertz CT molecular complexity index is 211. The predicted molar refractivity (Wildman–Crippen MR) is 51.1 cm³/mol. The smallest absolute Gasteiger partial charge is 0.203 e. The molecule has 5 heteroatoms.